The molecule has 0 aromatic heterocycles. The summed E-state index contributed by atoms with van der Waals surface area (Å²) in [6.07, 6.45) is 0. The SMILES string of the molecule is CC1(C)CNC(=O)c2ccc(N3C(=O)c4ccccc4C3=O)cc21. The van der Waals surface area contributed by atoms with Crippen LogP contribution in [0.1, 0.15) is 50.5 Å². The van der Waals surface area contributed by atoms with Crippen molar-refractivity contribution in [3.63, 3.8) is 0 Å². The molecule has 2 aromatic rings. The Hall–Kier alpha value is -2.95. The van der Waals surface area contributed by atoms with E-state index in [0.29, 0.717) is 28.9 Å². The van der Waals surface area contributed by atoms with Crippen molar-refractivity contribution in [3.8, 4) is 0 Å². The topological polar surface area (TPSA) is 66.5 Å². The van der Waals surface area contributed by atoms with Crippen LogP contribution in [0.5, 0.6) is 0 Å². The van der Waals surface area contributed by atoms with Crippen LogP contribution in [0.25, 0.3) is 0 Å². The monoisotopic (exact) mass is 320 g/mol. The molecule has 4 rings (SSSR count). The average Bonchev–Trinajstić information content (AvgIpc) is 2.83. The summed E-state index contributed by atoms with van der Waals surface area (Å²) < 4.78 is 0. The van der Waals surface area contributed by atoms with Gasteiger partial charge in [0.2, 0.25) is 0 Å². The van der Waals surface area contributed by atoms with Crippen molar-refractivity contribution >= 4 is 23.4 Å². The second-order valence-corrected chi connectivity index (χ2v) is 6.79. The number of nitrogens with zero attached hydrogens (tertiary/aromatic N) is 1. The van der Waals surface area contributed by atoms with Gasteiger partial charge in [-0.15, -0.1) is 0 Å². The standard InChI is InChI=1S/C19H16N2O3/c1-19(2)10-20-16(22)14-8-7-11(9-15(14)19)21-17(23)12-5-3-4-6-13(12)18(21)24/h3-9H,10H2,1-2H3,(H,20,22). The molecule has 2 aromatic carbocycles. The summed E-state index contributed by atoms with van der Waals surface area (Å²) in [7, 11) is 0. The second-order valence-electron chi connectivity index (χ2n) is 6.79. The maximum absolute atomic E-state index is 12.6. The van der Waals surface area contributed by atoms with Gasteiger partial charge in [-0.1, -0.05) is 26.0 Å². The van der Waals surface area contributed by atoms with Gasteiger partial charge in [0.25, 0.3) is 17.7 Å². The molecule has 0 saturated carbocycles. The Morgan fingerprint density at radius 1 is 0.917 bits per heavy atom. The molecule has 2 aliphatic rings. The molecule has 3 amide bonds. The second kappa shape index (κ2) is 4.77. The van der Waals surface area contributed by atoms with Crippen molar-refractivity contribution in [2.24, 2.45) is 0 Å². The van der Waals surface area contributed by atoms with Crippen LogP contribution in [-0.4, -0.2) is 24.3 Å². The van der Waals surface area contributed by atoms with E-state index in [4.69, 9.17) is 0 Å². The van der Waals surface area contributed by atoms with Crippen LogP contribution in [0.4, 0.5) is 5.69 Å². The summed E-state index contributed by atoms with van der Waals surface area (Å²) in [6.45, 7) is 4.57. The van der Waals surface area contributed by atoms with E-state index in [9.17, 15) is 14.4 Å². The van der Waals surface area contributed by atoms with Crippen LogP contribution >= 0.6 is 0 Å². The Morgan fingerprint density at radius 2 is 1.54 bits per heavy atom. The lowest BCUT2D eigenvalue weighted by Gasteiger charge is -2.33. The number of benzene rings is 2. The molecule has 5 heteroatoms. The van der Waals surface area contributed by atoms with Crippen LogP contribution in [-0.2, 0) is 5.41 Å². The summed E-state index contributed by atoms with van der Waals surface area (Å²) in [5.41, 5.74) is 2.50. The quantitative estimate of drug-likeness (QED) is 0.821. The average molecular weight is 320 g/mol. The summed E-state index contributed by atoms with van der Waals surface area (Å²) >= 11 is 0. The predicted octanol–water partition coefficient (Wildman–Crippen LogP) is 2.51. The van der Waals surface area contributed by atoms with E-state index in [0.717, 1.165) is 5.56 Å². The van der Waals surface area contributed by atoms with Gasteiger partial charge in [-0.3, -0.25) is 14.4 Å². The van der Waals surface area contributed by atoms with Crippen molar-refractivity contribution in [2.75, 3.05) is 11.4 Å². The van der Waals surface area contributed by atoms with E-state index in [2.05, 4.69) is 5.32 Å². The predicted molar refractivity (Wildman–Crippen MR) is 89.4 cm³/mol. The van der Waals surface area contributed by atoms with E-state index >= 15 is 0 Å². The van der Waals surface area contributed by atoms with Gasteiger partial charge in [-0.05, 0) is 35.9 Å². The van der Waals surface area contributed by atoms with Gasteiger partial charge in [0.15, 0.2) is 0 Å². The number of hydrogen-bond donors (Lipinski definition) is 1. The third-order valence-electron chi connectivity index (χ3n) is 4.72. The van der Waals surface area contributed by atoms with Crippen molar-refractivity contribution in [1.29, 1.82) is 0 Å². The van der Waals surface area contributed by atoms with Gasteiger partial charge in [0.1, 0.15) is 0 Å². The van der Waals surface area contributed by atoms with E-state index in [1.165, 1.54) is 4.90 Å². The fourth-order valence-electron chi connectivity index (χ4n) is 3.34. The first-order valence-corrected chi connectivity index (χ1v) is 7.81. The van der Waals surface area contributed by atoms with E-state index in [1.807, 2.05) is 13.8 Å². The van der Waals surface area contributed by atoms with Gasteiger partial charge in [0, 0.05) is 17.5 Å². The first kappa shape index (κ1) is 14.6. The van der Waals surface area contributed by atoms with Crippen molar-refractivity contribution in [2.45, 2.75) is 19.3 Å². The highest BCUT2D eigenvalue weighted by atomic mass is 16.2. The third kappa shape index (κ3) is 1.91. The third-order valence-corrected chi connectivity index (χ3v) is 4.72. The maximum Gasteiger partial charge on any atom is 0.266 e. The lowest BCUT2D eigenvalue weighted by atomic mass is 9.78. The van der Waals surface area contributed by atoms with Crippen molar-refractivity contribution in [3.05, 3.63) is 64.7 Å². The molecule has 0 spiro atoms. The summed E-state index contributed by atoms with van der Waals surface area (Å²) in [5.74, 6) is -0.777. The largest absolute Gasteiger partial charge is 0.351 e. The minimum atomic E-state index is -0.325. The van der Waals surface area contributed by atoms with E-state index in [-0.39, 0.29) is 23.1 Å². The Balaban J connectivity index is 1.84. The van der Waals surface area contributed by atoms with Gasteiger partial charge in [-0.25, -0.2) is 4.90 Å². The van der Waals surface area contributed by atoms with Crippen LogP contribution in [0, 0.1) is 0 Å². The fraction of sp³-hybridized carbons (Fsp3) is 0.211. The maximum atomic E-state index is 12.6. The number of amides is 3. The number of fused-ring (bicyclic) bond motifs is 2. The van der Waals surface area contributed by atoms with Gasteiger partial charge in [-0.2, -0.15) is 0 Å². The van der Waals surface area contributed by atoms with Crippen LogP contribution < -0.4 is 10.2 Å². The molecular weight excluding hydrogens is 304 g/mol. The highest BCUT2D eigenvalue weighted by molar-refractivity contribution is 6.34. The zero-order valence-electron chi connectivity index (χ0n) is 13.4. The lowest BCUT2D eigenvalue weighted by molar-refractivity contribution is 0.0920. The Kier molecular flexibility index (Phi) is 2.91. The number of carbonyl (C=O) groups is 3. The van der Waals surface area contributed by atoms with Crippen molar-refractivity contribution in [1.82, 2.24) is 5.32 Å². The minimum absolute atomic E-state index is 0.127. The summed E-state index contributed by atoms with van der Waals surface area (Å²) in [5, 5.41) is 2.86. The highest BCUT2D eigenvalue weighted by Crippen LogP contribution is 2.35. The molecule has 0 fully saturated rings. The van der Waals surface area contributed by atoms with Crippen LogP contribution in [0.2, 0.25) is 0 Å². The molecule has 0 bridgehead atoms. The minimum Gasteiger partial charge on any atom is -0.351 e. The number of nitrogens with one attached hydrogen (secondary N) is 1. The molecule has 0 saturated heterocycles. The molecule has 0 aliphatic carbocycles. The zero-order valence-corrected chi connectivity index (χ0v) is 13.4. The van der Waals surface area contributed by atoms with Crippen molar-refractivity contribution < 1.29 is 14.4 Å². The first-order chi connectivity index (χ1) is 11.4. The number of carbonyl (C=O) groups excluding carboxylic acids is 3. The molecule has 1 N–H and O–H groups in total. The summed E-state index contributed by atoms with van der Waals surface area (Å²) in [4.78, 5) is 38.5. The zero-order chi connectivity index (χ0) is 17.1. The highest BCUT2D eigenvalue weighted by Gasteiger charge is 2.38. The molecule has 0 radical (unpaired) electrons. The molecule has 0 atom stereocenters. The molecule has 24 heavy (non-hydrogen) atoms. The lowest BCUT2D eigenvalue weighted by Crippen LogP contribution is -2.43. The van der Waals surface area contributed by atoms with Crippen LogP contribution in [0.15, 0.2) is 42.5 Å². The molecular formula is C19H16N2O3. The number of rotatable bonds is 1. The molecule has 0 unspecified atom stereocenters. The molecule has 2 heterocycles. The fourth-order valence-corrected chi connectivity index (χ4v) is 3.34. The molecule has 5 nitrogen and oxygen atoms in total. The van der Waals surface area contributed by atoms with Crippen LogP contribution in [0.3, 0.4) is 0 Å². The van der Waals surface area contributed by atoms with E-state index in [1.54, 1.807) is 42.5 Å². The Labute approximate surface area is 139 Å². The number of imide groups is 1. The molecule has 120 valence electrons. The van der Waals surface area contributed by atoms with Gasteiger partial charge < -0.3 is 5.32 Å². The van der Waals surface area contributed by atoms with Gasteiger partial charge in [0.05, 0.1) is 16.8 Å². The first-order valence-electron chi connectivity index (χ1n) is 7.81. The normalized spacial score (nSPS) is 18.2. The Morgan fingerprint density at radius 3 is 2.17 bits per heavy atom. The van der Waals surface area contributed by atoms with E-state index < -0.39 is 0 Å². The number of hydrogen-bond acceptors (Lipinski definition) is 3. The Bertz CT molecular complexity index is 880. The smallest absolute Gasteiger partial charge is 0.266 e. The summed E-state index contributed by atoms with van der Waals surface area (Å²) in [6, 6.07) is 11.9. The van der Waals surface area contributed by atoms with Gasteiger partial charge >= 0.3 is 0 Å². The number of anilines is 1. The molecule has 2 aliphatic heterocycles.